The Morgan fingerprint density at radius 3 is 2.61 bits per heavy atom. The quantitative estimate of drug-likeness (QED) is 0.846. The summed E-state index contributed by atoms with van der Waals surface area (Å²) in [5.74, 6) is 0. The van der Waals surface area contributed by atoms with Crippen LogP contribution in [0.1, 0.15) is 31.0 Å². The van der Waals surface area contributed by atoms with Gasteiger partial charge in [-0.2, -0.15) is 0 Å². The van der Waals surface area contributed by atoms with Crippen LogP contribution < -0.4 is 5.73 Å². The average molecular weight is 244 g/mol. The van der Waals surface area contributed by atoms with Gasteiger partial charge in [-0.25, -0.2) is 4.68 Å². The van der Waals surface area contributed by atoms with Crippen molar-refractivity contribution in [3.8, 4) is 5.69 Å². The molecule has 1 aromatic heterocycles. The van der Waals surface area contributed by atoms with E-state index in [2.05, 4.69) is 41.5 Å². The molecule has 1 aromatic carbocycles. The van der Waals surface area contributed by atoms with Crippen molar-refractivity contribution in [1.29, 1.82) is 0 Å². The molecule has 0 atom stereocenters. The fraction of sp³-hybridized carbons (Fsp3) is 0.429. The van der Waals surface area contributed by atoms with Crippen LogP contribution in [-0.4, -0.2) is 21.5 Å². The highest BCUT2D eigenvalue weighted by Gasteiger charge is 2.02. The first-order valence-corrected chi connectivity index (χ1v) is 6.54. The molecule has 2 rings (SSSR count). The summed E-state index contributed by atoms with van der Waals surface area (Å²) in [6.07, 6.45) is 6.33. The summed E-state index contributed by atoms with van der Waals surface area (Å²) in [5.41, 5.74) is 8.86. The van der Waals surface area contributed by atoms with E-state index in [9.17, 15) is 0 Å². The van der Waals surface area contributed by atoms with Gasteiger partial charge in [-0.3, -0.25) is 0 Å². The van der Waals surface area contributed by atoms with Gasteiger partial charge in [0, 0.05) is 6.42 Å². The van der Waals surface area contributed by atoms with Crippen molar-refractivity contribution in [2.45, 2.75) is 32.6 Å². The van der Waals surface area contributed by atoms with Gasteiger partial charge in [0.25, 0.3) is 0 Å². The van der Waals surface area contributed by atoms with Gasteiger partial charge in [0.2, 0.25) is 0 Å². The first-order valence-electron chi connectivity index (χ1n) is 6.54. The third-order valence-electron chi connectivity index (χ3n) is 2.96. The molecule has 1 heterocycles. The smallest absolute Gasteiger partial charge is 0.0844 e. The lowest BCUT2D eigenvalue weighted by atomic mass is 10.1. The molecule has 0 radical (unpaired) electrons. The Morgan fingerprint density at radius 2 is 1.94 bits per heavy atom. The minimum Gasteiger partial charge on any atom is -0.330 e. The van der Waals surface area contributed by atoms with Crippen LogP contribution >= 0.6 is 0 Å². The Balaban J connectivity index is 2.07. The second kappa shape index (κ2) is 6.31. The normalized spacial score (nSPS) is 10.8. The molecule has 4 nitrogen and oxygen atoms in total. The molecular weight excluding hydrogens is 224 g/mol. The minimum atomic E-state index is 0.606. The van der Waals surface area contributed by atoms with Crippen LogP contribution in [-0.2, 0) is 12.8 Å². The summed E-state index contributed by atoms with van der Waals surface area (Å²) in [4.78, 5) is 0. The van der Waals surface area contributed by atoms with E-state index in [1.54, 1.807) is 4.68 Å². The van der Waals surface area contributed by atoms with Gasteiger partial charge in [-0.1, -0.05) is 30.7 Å². The summed E-state index contributed by atoms with van der Waals surface area (Å²) < 4.78 is 1.80. The Bertz CT molecular complexity index is 473. The Labute approximate surface area is 108 Å². The van der Waals surface area contributed by atoms with Gasteiger partial charge in [-0.05, 0) is 37.1 Å². The van der Waals surface area contributed by atoms with Crippen LogP contribution in [0, 0.1) is 0 Å². The van der Waals surface area contributed by atoms with E-state index in [1.165, 1.54) is 18.4 Å². The van der Waals surface area contributed by atoms with Crippen molar-refractivity contribution in [3.63, 3.8) is 0 Å². The predicted molar refractivity (Wildman–Crippen MR) is 72.7 cm³/mol. The molecule has 0 saturated carbocycles. The van der Waals surface area contributed by atoms with Crippen LogP contribution in [0.15, 0.2) is 30.5 Å². The molecule has 0 aliphatic carbocycles. The zero-order valence-electron chi connectivity index (χ0n) is 10.8. The number of aromatic nitrogens is 3. The van der Waals surface area contributed by atoms with Crippen molar-refractivity contribution in [3.05, 3.63) is 41.7 Å². The van der Waals surface area contributed by atoms with E-state index in [0.29, 0.717) is 6.54 Å². The molecule has 2 N–H and O–H groups in total. The molecule has 0 unspecified atom stereocenters. The van der Waals surface area contributed by atoms with E-state index in [0.717, 1.165) is 24.2 Å². The maximum absolute atomic E-state index is 5.50. The first kappa shape index (κ1) is 12.8. The number of aryl methyl sites for hydroxylation is 1. The second-order valence-corrected chi connectivity index (χ2v) is 4.46. The van der Waals surface area contributed by atoms with Gasteiger partial charge in [-0.15, -0.1) is 5.10 Å². The second-order valence-electron chi connectivity index (χ2n) is 4.46. The monoisotopic (exact) mass is 244 g/mol. The van der Waals surface area contributed by atoms with Crippen LogP contribution in [0.5, 0.6) is 0 Å². The summed E-state index contributed by atoms with van der Waals surface area (Å²) >= 11 is 0. The SMILES string of the molecule is CCCCc1ccc(-n2cc(CCN)nn2)cc1. The van der Waals surface area contributed by atoms with Crippen molar-refractivity contribution in [2.24, 2.45) is 5.73 Å². The molecular formula is C14H20N4. The highest BCUT2D eigenvalue weighted by atomic mass is 15.4. The standard InChI is InChI=1S/C14H20N4/c1-2-3-4-12-5-7-14(8-6-12)18-11-13(9-10-15)16-17-18/h5-8,11H,2-4,9-10,15H2,1H3. The maximum Gasteiger partial charge on any atom is 0.0844 e. The average Bonchev–Trinajstić information content (AvgIpc) is 2.86. The van der Waals surface area contributed by atoms with E-state index in [4.69, 9.17) is 5.73 Å². The van der Waals surface area contributed by atoms with Crippen LogP contribution in [0.2, 0.25) is 0 Å². The fourth-order valence-electron chi connectivity index (χ4n) is 1.88. The van der Waals surface area contributed by atoms with E-state index in [-0.39, 0.29) is 0 Å². The zero-order valence-corrected chi connectivity index (χ0v) is 10.8. The summed E-state index contributed by atoms with van der Waals surface area (Å²) in [5, 5.41) is 8.20. The number of benzene rings is 1. The number of unbranched alkanes of at least 4 members (excludes halogenated alkanes) is 1. The summed E-state index contributed by atoms with van der Waals surface area (Å²) in [7, 11) is 0. The van der Waals surface area contributed by atoms with Crippen LogP contribution in [0.3, 0.4) is 0 Å². The molecule has 0 bridgehead atoms. The van der Waals surface area contributed by atoms with Gasteiger partial charge in [0.1, 0.15) is 0 Å². The number of hydrogen-bond acceptors (Lipinski definition) is 3. The lowest BCUT2D eigenvalue weighted by Crippen LogP contribution is -2.02. The molecule has 0 aliphatic rings. The predicted octanol–water partition coefficient (Wildman–Crippen LogP) is 2.11. The van der Waals surface area contributed by atoms with Gasteiger partial charge in [0.15, 0.2) is 0 Å². The first-order chi connectivity index (χ1) is 8.83. The highest BCUT2D eigenvalue weighted by Crippen LogP contribution is 2.11. The van der Waals surface area contributed by atoms with Gasteiger partial charge < -0.3 is 5.73 Å². The molecule has 96 valence electrons. The number of nitrogens with two attached hydrogens (primary N) is 1. The molecule has 0 spiro atoms. The fourth-order valence-corrected chi connectivity index (χ4v) is 1.88. The van der Waals surface area contributed by atoms with E-state index < -0.39 is 0 Å². The Kier molecular flexibility index (Phi) is 4.47. The number of nitrogens with zero attached hydrogens (tertiary/aromatic N) is 3. The number of rotatable bonds is 6. The maximum atomic E-state index is 5.50. The van der Waals surface area contributed by atoms with Gasteiger partial charge in [0.05, 0.1) is 17.6 Å². The van der Waals surface area contributed by atoms with Crippen molar-refractivity contribution in [1.82, 2.24) is 15.0 Å². The molecule has 4 heteroatoms. The summed E-state index contributed by atoms with van der Waals surface area (Å²) in [6, 6.07) is 8.50. The Morgan fingerprint density at radius 1 is 1.17 bits per heavy atom. The highest BCUT2D eigenvalue weighted by molar-refractivity contribution is 5.33. The Hall–Kier alpha value is -1.68. The van der Waals surface area contributed by atoms with Crippen LogP contribution in [0.25, 0.3) is 5.69 Å². The number of hydrogen-bond donors (Lipinski definition) is 1. The van der Waals surface area contributed by atoms with Crippen molar-refractivity contribution in [2.75, 3.05) is 6.54 Å². The largest absolute Gasteiger partial charge is 0.330 e. The minimum absolute atomic E-state index is 0.606. The lowest BCUT2D eigenvalue weighted by molar-refractivity contribution is 0.785. The van der Waals surface area contributed by atoms with E-state index >= 15 is 0 Å². The topological polar surface area (TPSA) is 56.7 Å². The molecule has 0 saturated heterocycles. The molecule has 18 heavy (non-hydrogen) atoms. The molecule has 0 aliphatic heterocycles. The third kappa shape index (κ3) is 3.17. The lowest BCUT2D eigenvalue weighted by Gasteiger charge is -2.03. The molecule has 2 aromatic rings. The summed E-state index contributed by atoms with van der Waals surface area (Å²) in [6.45, 7) is 2.82. The van der Waals surface area contributed by atoms with Crippen molar-refractivity contribution >= 4 is 0 Å². The third-order valence-corrected chi connectivity index (χ3v) is 2.96. The van der Waals surface area contributed by atoms with Crippen LogP contribution in [0.4, 0.5) is 0 Å². The van der Waals surface area contributed by atoms with Gasteiger partial charge >= 0.3 is 0 Å². The molecule has 0 fully saturated rings. The zero-order chi connectivity index (χ0) is 12.8. The molecule has 0 amide bonds. The van der Waals surface area contributed by atoms with Crippen molar-refractivity contribution < 1.29 is 0 Å². The van der Waals surface area contributed by atoms with E-state index in [1.807, 2.05) is 6.20 Å².